The van der Waals surface area contributed by atoms with Crippen LogP contribution in [0.4, 0.5) is 11.7 Å². The molecule has 0 atom stereocenters. The quantitative estimate of drug-likeness (QED) is 0.732. The summed E-state index contributed by atoms with van der Waals surface area (Å²) in [5, 5.41) is 5.91. The summed E-state index contributed by atoms with van der Waals surface area (Å²) in [6.07, 6.45) is 0. The van der Waals surface area contributed by atoms with Crippen LogP contribution >= 0.6 is 0 Å². The number of hydrogen-bond donors (Lipinski definition) is 2. The number of carbonyl (C=O) groups excluding carboxylic acids is 1. The third-order valence-corrected chi connectivity index (χ3v) is 3.22. The molecule has 1 amide bonds. The molecule has 0 unspecified atom stereocenters. The van der Waals surface area contributed by atoms with Crippen molar-refractivity contribution in [1.82, 2.24) is 4.98 Å². The Hall–Kier alpha value is -2.86. The Labute approximate surface area is 133 Å². The Morgan fingerprint density at radius 1 is 1.22 bits per heavy atom. The molecule has 0 aliphatic rings. The number of aromatic nitrogens is 1. The van der Waals surface area contributed by atoms with Gasteiger partial charge in [0.05, 0.1) is 0 Å². The summed E-state index contributed by atoms with van der Waals surface area (Å²) in [5.41, 5.74) is 3.29. The number of fused-ring (bicyclic) bond motifs is 1. The molecule has 6 nitrogen and oxygen atoms in total. The van der Waals surface area contributed by atoms with Crippen molar-refractivity contribution in [3.63, 3.8) is 0 Å². The number of nitrogens with zero attached hydrogens (tertiary/aromatic N) is 1. The number of carbonyl (C=O) groups is 1. The highest BCUT2D eigenvalue weighted by Gasteiger charge is 2.05. The molecule has 23 heavy (non-hydrogen) atoms. The van der Waals surface area contributed by atoms with E-state index < -0.39 is 0 Å². The molecule has 0 saturated carbocycles. The van der Waals surface area contributed by atoms with Crippen molar-refractivity contribution in [3.05, 3.63) is 54.1 Å². The fraction of sp³-hybridized carbons (Fsp3) is 0.176. The predicted octanol–water partition coefficient (Wildman–Crippen LogP) is 3.02. The average molecular weight is 311 g/mol. The minimum Gasteiger partial charge on any atom is -0.424 e. The highest BCUT2D eigenvalue weighted by atomic mass is 16.5. The number of oxazole rings is 1. The van der Waals surface area contributed by atoms with Gasteiger partial charge >= 0.3 is 0 Å². The standard InChI is InChI=1S/C17H17N3O3/c1-22-11-16(21)19-13-6-4-5-12(9-13)10-18-17-20-14-7-2-3-8-15(14)23-17/h2-9H,10-11H2,1H3,(H,18,20)(H,19,21). The molecule has 3 aromatic rings. The average Bonchev–Trinajstić information content (AvgIpc) is 2.96. The van der Waals surface area contributed by atoms with Crippen molar-refractivity contribution in [1.29, 1.82) is 0 Å². The Morgan fingerprint density at radius 3 is 2.91 bits per heavy atom. The van der Waals surface area contributed by atoms with Gasteiger partial charge in [-0.1, -0.05) is 24.3 Å². The minimum absolute atomic E-state index is 0.0331. The number of rotatable bonds is 6. The van der Waals surface area contributed by atoms with E-state index in [1.807, 2.05) is 48.5 Å². The van der Waals surface area contributed by atoms with Crippen LogP contribution in [0.25, 0.3) is 11.1 Å². The SMILES string of the molecule is COCC(=O)Nc1cccc(CNc2nc3ccccc3o2)c1. The van der Waals surface area contributed by atoms with Crippen molar-refractivity contribution in [3.8, 4) is 0 Å². The Balaban J connectivity index is 1.64. The molecule has 2 N–H and O–H groups in total. The fourth-order valence-electron chi connectivity index (χ4n) is 2.21. The molecule has 1 aromatic heterocycles. The van der Waals surface area contributed by atoms with Crippen LogP contribution in [0.15, 0.2) is 52.9 Å². The third kappa shape index (κ3) is 3.87. The molecule has 118 valence electrons. The van der Waals surface area contributed by atoms with Gasteiger partial charge in [0.1, 0.15) is 12.1 Å². The molecular weight excluding hydrogens is 294 g/mol. The molecule has 0 bridgehead atoms. The first-order valence-electron chi connectivity index (χ1n) is 7.22. The van der Waals surface area contributed by atoms with Crippen LogP contribution < -0.4 is 10.6 Å². The molecular formula is C17H17N3O3. The molecule has 2 aromatic carbocycles. The second-order valence-electron chi connectivity index (χ2n) is 5.02. The van der Waals surface area contributed by atoms with Gasteiger partial charge in [-0.15, -0.1) is 0 Å². The molecule has 0 radical (unpaired) electrons. The lowest BCUT2D eigenvalue weighted by molar-refractivity contribution is -0.119. The summed E-state index contributed by atoms with van der Waals surface area (Å²) >= 11 is 0. The number of amides is 1. The van der Waals surface area contributed by atoms with E-state index in [0.29, 0.717) is 12.6 Å². The molecule has 1 heterocycles. The maximum Gasteiger partial charge on any atom is 0.295 e. The number of ether oxygens (including phenoxy) is 1. The summed E-state index contributed by atoms with van der Waals surface area (Å²) in [6, 6.07) is 15.6. The summed E-state index contributed by atoms with van der Waals surface area (Å²) < 4.78 is 10.4. The first kappa shape index (κ1) is 15.1. The normalized spacial score (nSPS) is 10.7. The first-order chi connectivity index (χ1) is 11.2. The lowest BCUT2D eigenvalue weighted by Gasteiger charge is -2.07. The fourth-order valence-corrected chi connectivity index (χ4v) is 2.21. The van der Waals surface area contributed by atoms with E-state index in [1.54, 1.807) is 0 Å². The number of hydrogen-bond acceptors (Lipinski definition) is 5. The van der Waals surface area contributed by atoms with Gasteiger partial charge < -0.3 is 19.8 Å². The van der Waals surface area contributed by atoms with Crippen molar-refractivity contribution in [2.75, 3.05) is 24.4 Å². The van der Waals surface area contributed by atoms with Crippen molar-refractivity contribution < 1.29 is 13.9 Å². The largest absolute Gasteiger partial charge is 0.424 e. The van der Waals surface area contributed by atoms with Gasteiger partial charge in [0.25, 0.3) is 6.01 Å². The highest BCUT2D eigenvalue weighted by Crippen LogP contribution is 2.19. The second-order valence-corrected chi connectivity index (χ2v) is 5.02. The van der Waals surface area contributed by atoms with Crippen LogP contribution in [0.2, 0.25) is 0 Å². The van der Waals surface area contributed by atoms with E-state index in [1.165, 1.54) is 7.11 Å². The smallest absolute Gasteiger partial charge is 0.295 e. The van der Waals surface area contributed by atoms with Gasteiger partial charge in [0, 0.05) is 19.3 Å². The molecule has 0 saturated heterocycles. The molecule has 0 aliphatic heterocycles. The van der Waals surface area contributed by atoms with Crippen LogP contribution in [-0.4, -0.2) is 24.6 Å². The van der Waals surface area contributed by atoms with E-state index in [2.05, 4.69) is 15.6 Å². The van der Waals surface area contributed by atoms with Gasteiger partial charge in [-0.2, -0.15) is 4.98 Å². The van der Waals surface area contributed by atoms with Gasteiger partial charge in [-0.05, 0) is 29.8 Å². The van der Waals surface area contributed by atoms with Crippen molar-refractivity contribution in [2.24, 2.45) is 0 Å². The van der Waals surface area contributed by atoms with Crippen LogP contribution in [0.5, 0.6) is 0 Å². The Kier molecular flexibility index (Phi) is 4.54. The minimum atomic E-state index is -0.184. The zero-order valence-corrected chi connectivity index (χ0v) is 12.7. The van der Waals surface area contributed by atoms with E-state index >= 15 is 0 Å². The molecule has 0 spiro atoms. The van der Waals surface area contributed by atoms with Gasteiger partial charge in [0.2, 0.25) is 5.91 Å². The van der Waals surface area contributed by atoms with Gasteiger partial charge in [-0.3, -0.25) is 4.79 Å². The molecule has 0 fully saturated rings. The van der Waals surface area contributed by atoms with E-state index in [4.69, 9.17) is 9.15 Å². The topological polar surface area (TPSA) is 76.4 Å². The zero-order valence-electron chi connectivity index (χ0n) is 12.7. The van der Waals surface area contributed by atoms with Crippen molar-refractivity contribution in [2.45, 2.75) is 6.54 Å². The van der Waals surface area contributed by atoms with Gasteiger partial charge in [-0.25, -0.2) is 0 Å². The summed E-state index contributed by atoms with van der Waals surface area (Å²) in [7, 11) is 1.49. The Morgan fingerprint density at radius 2 is 2.09 bits per heavy atom. The molecule has 3 rings (SSSR count). The van der Waals surface area contributed by atoms with Crippen molar-refractivity contribution >= 4 is 28.7 Å². The first-order valence-corrected chi connectivity index (χ1v) is 7.22. The number of nitrogens with one attached hydrogen (secondary N) is 2. The number of anilines is 2. The van der Waals surface area contributed by atoms with E-state index in [9.17, 15) is 4.79 Å². The van der Waals surface area contributed by atoms with Crippen LogP contribution in [0, 0.1) is 0 Å². The number of para-hydroxylation sites is 2. The second kappa shape index (κ2) is 6.93. The third-order valence-electron chi connectivity index (χ3n) is 3.22. The van der Waals surface area contributed by atoms with Crippen LogP contribution in [0.3, 0.4) is 0 Å². The highest BCUT2D eigenvalue weighted by molar-refractivity contribution is 5.91. The van der Waals surface area contributed by atoms with Crippen LogP contribution in [0.1, 0.15) is 5.56 Å². The lowest BCUT2D eigenvalue weighted by atomic mass is 10.2. The maximum atomic E-state index is 11.5. The van der Waals surface area contributed by atoms with Crippen LogP contribution in [-0.2, 0) is 16.1 Å². The monoisotopic (exact) mass is 311 g/mol. The zero-order chi connectivity index (χ0) is 16.1. The molecule has 6 heteroatoms. The summed E-state index contributed by atoms with van der Waals surface area (Å²) in [6.45, 7) is 0.576. The molecule has 0 aliphatic carbocycles. The summed E-state index contributed by atoms with van der Waals surface area (Å²) in [4.78, 5) is 15.9. The lowest BCUT2D eigenvalue weighted by Crippen LogP contribution is -2.17. The maximum absolute atomic E-state index is 11.5. The van der Waals surface area contributed by atoms with E-state index in [-0.39, 0.29) is 12.5 Å². The summed E-state index contributed by atoms with van der Waals surface area (Å²) in [5.74, 6) is -0.184. The number of benzene rings is 2. The Bertz CT molecular complexity index is 780. The number of methoxy groups -OCH3 is 1. The van der Waals surface area contributed by atoms with E-state index in [0.717, 1.165) is 22.4 Å². The predicted molar refractivity (Wildman–Crippen MR) is 88.3 cm³/mol. The van der Waals surface area contributed by atoms with Gasteiger partial charge in [0.15, 0.2) is 5.58 Å².